The fraction of sp³-hybridized carbons (Fsp3) is 0.105. The number of aromatic nitrogens is 1. The molecule has 0 saturated heterocycles. The SMILES string of the molecule is COc1ccc(Cn2ccccc2=O)cc1-c1cccc(N([O-])O)c1. The number of rotatable bonds is 5. The van der Waals surface area contributed by atoms with E-state index < -0.39 is 0 Å². The number of hydrogen-bond donors (Lipinski definition) is 1. The number of ether oxygens (including phenoxy) is 1. The second kappa shape index (κ2) is 7.21. The molecule has 1 N–H and O–H groups in total. The van der Waals surface area contributed by atoms with Crippen molar-refractivity contribution in [2.45, 2.75) is 6.54 Å². The fourth-order valence-corrected chi connectivity index (χ4v) is 2.66. The molecule has 25 heavy (non-hydrogen) atoms. The van der Waals surface area contributed by atoms with Crippen molar-refractivity contribution in [2.24, 2.45) is 0 Å². The van der Waals surface area contributed by atoms with Gasteiger partial charge in [0.15, 0.2) is 0 Å². The van der Waals surface area contributed by atoms with Crippen LogP contribution in [0.15, 0.2) is 71.7 Å². The molecule has 0 aliphatic heterocycles. The number of methoxy groups -OCH3 is 1. The Morgan fingerprint density at radius 3 is 2.68 bits per heavy atom. The van der Waals surface area contributed by atoms with Gasteiger partial charge in [0, 0.05) is 17.8 Å². The summed E-state index contributed by atoms with van der Waals surface area (Å²) < 4.78 is 7.01. The van der Waals surface area contributed by atoms with Gasteiger partial charge in [0.2, 0.25) is 0 Å². The minimum Gasteiger partial charge on any atom is -0.733 e. The third kappa shape index (κ3) is 3.71. The Bertz CT molecular complexity index is 934. The first-order chi connectivity index (χ1) is 12.1. The molecule has 0 saturated carbocycles. The summed E-state index contributed by atoms with van der Waals surface area (Å²) in [4.78, 5) is 11.9. The molecule has 3 aromatic rings. The first-order valence-corrected chi connectivity index (χ1v) is 7.67. The number of nitrogens with zero attached hydrogens (tertiary/aromatic N) is 2. The maximum Gasteiger partial charge on any atom is 0.250 e. The van der Waals surface area contributed by atoms with Gasteiger partial charge in [-0.2, -0.15) is 0 Å². The highest BCUT2D eigenvalue weighted by molar-refractivity contribution is 5.74. The van der Waals surface area contributed by atoms with Gasteiger partial charge in [0.25, 0.3) is 5.56 Å². The molecule has 6 nitrogen and oxygen atoms in total. The molecule has 0 radical (unpaired) electrons. The molecule has 6 heteroatoms. The molecule has 0 atom stereocenters. The van der Waals surface area contributed by atoms with Crippen LogP contribution in [0.4, 0.5) is 5.69 Å². The highest BCUT2D eigenvalue weighted by Crippen LogP contribution is 2.33. The summed E-state index contributed by atoms with van der Waals surface area (Å²) in [5.41, 5.74) is 2.46. The van der Waals surface area contributed by atoms with Crippen LogP contribution >= 0.6 is 0 Å². The summed E-state index contributed by atoms with van der Waals surface area (Å²) >= 11 is 0. The van der Waals surface area contributed by atoms with Gasteiger partial charge in [-0.1, -0.05) is 24.3 Å². The molecule has 0 unspecified atom stereocenters. The molecule has 0 aliphatic rings. The zero-order valence-electron chi connectivity index (χ0n) is 13.6. The summed E-state index contributed by atoms with van der Waals surface area (Å²) in [5.74, 6) is 0.636. The summed E-state index contributed by atoms with van der Waals surface area (Å²) in [6.07, 6.45) is 1.73. The van der Waals surface area contributed by atoms with E-state index in [1.807, 2.05) is 24.3 Å². The summed E-state index contributed by atoms with van der Waals surface area (Å²) in [7, 11) is 1.57. The van der Waals surface area contributed by atoms with Crippen LogP contribution in [-0.4, -0.2) is 16.9 Å². The quantitative estimate of drug-likeness (QED) is 0.723. The van der Waals surface area contributed by atoms with E-state index in [9.17, 15) is 10.0 Å². The van der Waals surface area contributed by atoms with Gasteiger partial charge in [0.05, 0.1) is 19.3 Å². The fourth-order valence-electron chi connectivity index (χ4n) is 2.66. The van der Waals surface area contributed by atoms with Gasteiger partial charge in [0.1, 0.15) is 5.75 Å². The number of pyridine rings is 1. The topological polar surface area (TPSA) is 77.8 Å². The van der Waals surface area contributed by atoms with Gasteiger partial charge in [-0.05, 0) is 41.5 Å². The van der Waals surface area contributed by atoms with Crippen molar-refractivity contribution in [1.82, 2.24) is 4.57 Å². The molecule has 0 fully saturated rings. The van der Waals surface area contributed by atoms with Crippen molar-refractivity contribution in [1.29, 1.82) is 0 Å². The first-order valence-electron chi connectivity index (χ1n) is 7.67. The molecule has 0 spiro atoms. The van der Waals surface area contributed by atoms with E-state index in [0.29, 0.717) is 12.3 Å². The second-order valence-corrected chi connectivity index (χ2v) is 5.52. The standard InChI is InChI=1S/C19H17N2O4/c1-25-18-9-8-14(13-20-10-3-2-7-19(20)22)11-17(18)15-5-4-6-16(12-15)21(23)24/h2-12,23H,13H2,1H3/q-1. The number of hydrogen-bond acceptors (Lipinski definition) is 5. The molecular weight excluding hydrogens is 320 g/mol. The van der Waals surface area contributed by atoms with Crippen molar-refractivity contribution in [3.05, 3.63) is 88.0 Å². The van der Waals surface area contributed by atoms with E-state index >= 15 is 0 Å². The van der Waals surface area contributed by atoms with Crippen LogP contribution in [-0.2, 0) is 6.54 Å². The highest BCUT2D eigenvalue weighted by Gasteiger charge is 2.09. The van der Waals surface area contributed by atoms with E-state index in [1.54, 1.807) is 42.1 Å². The van der Waals surface area contributed by atoms with Crippen LogP contribution in [0.2, 0.25) is 0 Å². The lowest BCUT2D eigenvalue weighted by Crippen LogP contribution is -2.18. The normalized spacial score (nSPS) is 10.5. The Morgan fingerprint density at radius 1 is 1.12 bits per heavy atom. The molecule has 1 aromatic heterocycles. The smallest absolute Gasteiger partial charge is 0.250 e. The van der Waals surface area contributed by atoms with Crippen LogP contribution in [0.5, 0.6) is 5.75 Å². The van der Waals surface area contributed by atoms with Crippen LogP contribution in [0, 0.1) is 5.21 Å². The number of anilines is 1. The van der Waals surface area contributed by atoms with Crippen molar-refractivity contribution >= 4 is 5.69 Å². The molecule has 1 heterocycles. The third-order valence-electron chi connectivity index (χ3n) is 3.89. The minimum absolute atomic E-state index is 0.0795. The lowest BCUT2D eigenvalue weighted by Gasteiger charge is -2.22. The van der Waals surface area contributed by atoms with Crippen molar-refractivity contribution < 1.29 is 9.94 Å². The minimum atomic E-state index is -0.177. The van der Waals surface area contributed by atoms with Crippen molar-refractivity contribution in [2.75, 3.05) is 12.3 Å². The Kier molecular flexibility index (Phi) is 4.83. The Morgan fingerprint density at radius 2 is 1.96 bits per heavy atom. The first kappa shape index (κ1) is 16.8. The van der Waals surface area contributed by atoms with Gasteiger partial charge in [-0.15, -0.1) is 0 Å². The van der Waals surface area contributed by atoms with Crippen LogP contribution in [0.25, 0.3) is 11.1 Å². The molecule has 2 aromatic carbocycles. The van der Waals surface area contributed by atoms with E-state index in [2.05, 4.69) is 0 Å². The third-order valence-corrected chi connectivity index (χ3v) is 3.89. The molecule has 0 amide bonds. The van der Waals surface area contributed by atoms with E-state index in [4.69, 9.17) is 9.94 Å². The largest absolute Gasteiger partial charge is 0.733 e. The average Bonchev–Trinajstić information content (AvgIpc) is 2.63. The summed E-state index contributed by atoms with van der Waals surface area (Å²) in [5, 5.41) is 20.1. The summed E-state index contributed by atoms with van der Waals surface area (Å²) in [6.45, 7) is 0.421. The van der Waals surface area contributed by atoms with Gasteiger partial charge >= 0.3 is 0 Å². The molecule has 3 rings (SSSR count). The molecular formula is C19H17N2O4-. The molecule has 0 bridgehead atoms. The lowest BCUT2D eigenvalue weighted by molar-refractivity contribution is 0.296. The second-order valence-electron chi connectivity index (χ2n) is 5.52. The van der Waals surface area contributed by atoms with Crippen LogP contribution in [0.3, 0.4) is 0 Å². The van der Waals surface area contributed by atoms with Crippen LogP contribution < -0.4 is 15.5 Å². The predicted octanol–water partition coefficient (Wildman–Crippen LogP) is 3.27. The van der Waals surface area contributed by atoms with Gasteiger partial charge in [-0.3, -0.25) is 10.0 Å². The number of benzene rings is 2. The Balaban J connectivity index is 2.02. The lowest BCUT2D eigenvalue weighted by atomic mass is 10.0. The molecule has 128 valence electrons. The Labute approximate surface area is 144 Å². The van der Waals surface area contributed by atoms with Crippen molar-refractivity contribution in [3.8, 4) is 16.9 Å². The zero-order chi connectivity index (χ0) is 17.8. The summed E-state index contributed by atoms with van der Waals surface area (Å²) in [6, 6.07) is 17.2. The van der Waals surface area contributed by atoms with Gasteiger partial charge < -0.3 is 19.7 Å². The van der Waals surface area contributed by atoms with Gasteiger partial charge in [-0.25, -0.2) is 0 Å². The zero-order valence-corrected chi connectivity index (χ0v) is 13.6. The maximum atomic E-state index is 11.9. The maximum absolute atomic E-state index is 11.9. The predicted molar refractivity (Wildman–Crippen MR) is 95.9 cm³/mol. The Hall–Kier alpha value is -3.09. The van der Waals surface area contributed by atoms with E-state index in [1.165, 1.54) is 12.1 Å². The monoisotopic (exact) mass is 337 g/mol. The van der Waals surface area contributed by atoms with E-state index in [0.717, 1.165) is 16.7 Å². The van der Waals surface area contributed by atoms with E-state index in [-0.39, 0.29) is 16.5 Å². The van der Waals surface area contributed by atoms with Crippen LogP contribution in [0.1, 0.15) is 5.56 Å². The van der Waals surface area contributed by atoms with Crippen molar-refractivity contribution in [3.63, 3.8) is 0 Å². The molecule has 0 aliphatic carbocycles. The highest BCUT2D eigenvalue weighted by atomic mass is 16.8. The average molecular weight is 337 g/mol.